The number of aryl methyl sites for hydroxylation is 1. The zero-order valence-corrected chi connectivity index (χ0v) is 18.7. The first-order chi connectivity index (χ1) is 14.4. The summed E-state index contributed by atoms with van der Waals surface area (Å²) >= 11 is 1.29. The number of methoxy groups -OCH3 is 1. The smallest absolute Gasteiger partial charge is 0.262 e. The lowest BCUT2D eigenvalue weighted by atomic mass is 10.2. The lowest BCUT2D eigenvalue weighted by molar-refractivity contribution is 0.102. The highest BCUT2D eigenvalue weighted by molar-refractivity contribution is 7.99. The number of ketones is 1. The fraction of sp³-hybridized carbons (Fsp3) is 0.348. The number of rotatable bonds is 9. The first kappa shape index (κ1) is 22.1. The van der Waals surface area contributed by atoms with Gasteiger partial charge in [0, 0.05) is 30.6 Å². The molecular weight excluding hydrogens is 398 g/mol. The summed E-state index contributed by atoms with van der Waals surface area (Å²) in [5.74, 6) is 0.208. The van der Waals surface area contributed by atoms with Crippen molar-refractivity contribution in [2.45, 2.75) is 38.5 Å². The number of allylic oxidation sites excluding steroid dienone is 1. The highest BCUT2D eigenvalue weighted by Crippen LogP contribution is 2.24. The zero-order chi connectivity index (χ0) is 21.8. The maximum atomic E-state index is 13.1. The molecule has 7 heteroatoms. The summed E-state index contributed by atoms with van der Waals surface area (Å²) in [5, 5.41) is 1.08. The van der Waals surface area contributed by atoms with Gasteiger partial charge < -0.3 is 9.30 Å². The van der Waals surface area contributed by atoms with Gasteiger partial charge in [0.05, 0.1) is 29.3 Å². The molecule has 1 unspecified atom stereocenters. The second-order valence-corrected chi connectivity index (χ2v) is 8.23. The fourth-order valence-corrected chi connectivity index (χ4v) is 4.61. The fourth-order valence-electron chi connectivity index (χ4n) is 3.63. The number of hydrogen-bond donors (Lipinski definition) is 0. The van der Waals surface area contributed by atoms with E-state index < -0.39 is 0 Å². The van der Waals surface area contributed by atoms with Gasteiger partial charge in [-0.15, -0.1) is 6.58 Å². The molecule has 0 saturated heterocycles. The second kappa shape index (κ2) is 9.45. The van der Waals surface area contributed by atoms with Gasteiger partial charge in [0.15, 0.2) is 10.9 Å². The molecule has 3 rings (SSSR count). The largest absolute Gasteiger partial charge is 0.383 e. The number of thioether (sulfide) groups is 1. The van der Waals surface area contributed by atoms with E-state index in [1.165, 1.54) is 11.8 Å². The Hall–Kier alpha value is -2.64. The third-order valence-corrected chi connectivity index (χ3v) is 6.09. The van der Waals surface area contributed by atoms with Crippen molar-refractivity contribution in [2.75, 3.05) is 19.5 Å². The molecule has 0 N–H and O–H groups in total. The van der Waals surface area contributed by atoms with Gasteiger partial charge in [-0.2, -0.15) is 0 Å². The lowest BCUT2D eigenvalue weighted by Gasteiger charge is -2.18. The molecule has 158 valence electrons. The number of ether oxygens (including phenoxy) is 1. The molecule has 2 heterocycles. The Bertz CT molecular complexity index is 1150. The minimum atomic E-state index is -0.199. The first-order valence-corrected chi connectivity index (χ1v) is 10.8. The molecular formula is C23H27N3O3S. The molecule has 1 aromatic carbocycles. The van der Waals surface area contributed by atoms with E-state index in [0.717, 1.165) is 11.4 Å². The van der Waals surface area contributed by atoms with Gasteiger partial charge in [-0.25, -0.2) is 4.98 Å². The van der Waals surface area contributed by atoms with Crippen molar-refractivity contribution in [3.63, 3.8) is 0 Å². The SMILES string of the molecule is C=CCn1c(C)cc(C(=O)CSc2nc3ccccc3c(=O)n2C(C)COC)c1C. The average molecular weight is 426 g/mol. The summed E-state index contributed by atoms with van der Waals surface area (Å²) in [6.07, 6.45) is 1.82. The van der Waals surface area contributed by atoms with E-state index in [1.54, 1.807) is 17.7 Å². The summed E-state index contributed by atoms with van der Waals surface area (Å²) < 4.78 is 8.95. The van der Waals surface area contributed by atoms with Crippen LogP contribution in [0.5, 0.6) is 0 Å². The average Bonchev–Trinajstić information content (AvgIpc) is 3.01. The summed E-state index contributed by atoms with van der Waals surface area (Å²) in [4.78, 5) is 30.8. The molecule has 0 spiro atoms. The number of benzene rings is 1. The predicted molar refractivity (Wildman–Crippen MR) is 122 cm³/mol. The van der Waals surface area contributed by atoms with Crippen LogP contribution in [0.3, 0.4) is 0 Å². The molecule has 6 nitrogen and oxygen atoms in total. The second-order valence-electron chi connectivity index (χ2n) is 7.29. The standard InChI is InChI=1S/C23H27N3O3S/c1-6-11-25-15(2)12-19(17(25)4)21(27)14-30-23-24-20-10-8-7-9-18(20)22(28)26(23)16(3)13-29-5/h6-10,12,16H,1,11,13-14H2,2-5H3. The van der Waals surface area contributed by atoms with Gasteiger partial charge in [-0.3, -0.25) is 14.2 Å². The summed E-state index contributed by atoms with van der Waals surface area (Å²) in [7, 11) is 1.60. The Balaban J connectivity index is 1.94. The highest BCUT2D eigenvalue weighted by atomic mass is 32.2. The minimum absolute atomic E-state index is 0.0109. The van der Waals surface area contributed by atoms with E-state index in [0.29, 0.717) is 34.8 Å². The predicted octanol–water partition coefficient (Wildman–Crippen LogP) is 4.18. The van der Waals surface area contributed by atoms with Crippen molar-refractivity contribution in [1.82, 2.24) is 14.1 Å². The van der Waals surface area contributed by atoms with Crippen molar-refractivity contribution in [3.05, 3.63) is 70.3 Å². The Kier molecular flexibility index (Phi) is 6.95. The van der Waals surface area contributed by atoms with Gasteiger partial charge in [-0.05, 0) is 39.0 Å². The van der Waals surface area contributed by atoms with Crippen LogP contribution >= 0.6 is 11.8 Å². The van der Waals surface area contributed by atoms with Crippen molar-refractivity contribution in [1.29, 1.82) is 0 Å². The van der Waals surface area contributed by atoms with Crippen LogP contribution in [0.15, 0.2) is 52.9 Å². The van der Waals surface area contributed by atoms with E-state index in [2.05, 4.69) is 16.1 Å². The van der Waals surface area contributed by atoms with E-state index in [-0.39, 0.29) is 23.1 Å². The molecule has 0 aliphatic heterocycles. The number of nitrogens with zero attached hydrogens (tertiary/aromatic N) is 3. The Labute approximate surface area is 180 Å². The quantitative estimate of drug-likeness (QED) is 0.223. The number of hydrogen-bond acceptors (Lipinski definition) is 5. The minimum Gasteiger partial charge on any atom is -0.383 e. The van der Waals surface area contributed by atoms with Crippen molar-refractivity contribution in [2.24, 2.45) is 0 Å². The molecule has 0 bridgehead atoms. The topological polar surface area (TPSA) is 66.1 Å². The van der Waals surface area contributed by atoms with Crippen LogP contribution in [0.4, 0.5) is 0 Å². The van der Waals surface area contributed by atoms with Crippen molar-refractivity contribution < 1.29 is 9.53 Å². The maximum Gasteiger partial charge on any atom is 0.262 e. The van der Waals surface area contributed by atoms with E-state index >= 15 is 0 Å². The lowest BCUT2D eigenvalue weighted by Crippen LogP contribution is -2.28. The summed E-state index contributed by atoms with van der Waals surface area (Å²) in [6.45, 7) is 10.7. The number of para-hydroxylation sites is 1. The summed E-state index contributed by atoms with van der Waals surface area (Å²) in [5.41, 5.74) is 3.15. The normalized spacial score (nSPS) is 12.3. The highest BCUT2D eigenvalue weighted by Gasteiger charge is 2.20. The van der Waals surface area contributed by atoms with Crippen LogP contribution in [-0.4, -0.2) is 39.4 Å². The van der Waals surface area contributed by atoms with Crippen LogP contribution in [0.2, 0.25) is 0 Å². The Morgan fingerprint density at radius 1 is 1.33 bits per heavy atom. The van der Waals surface area contributed by atoms with Gasteiger partial charge in [0.25, 0.3) is 5.56 Å². The number of carbonyl (C=O) groups excluding carboxylic acids is 1. The van der Waals surface area contributed by atoms with Gasteiger partial charge >= 0.3 is 0 Å². The number of carbonyl (C=O) groups is 1. The van der Waals surface area contributed by atoms with Gasteiger partial charge in [0.1, 0.15) is 0 Å². The molecule has 0 fully saturated rings. The van der Waals surface area contributed by atoms with Gasteiger partial charge in [0.2, 0.25) is 0 Å². The Morgan fingerprint density at radius 2 is 2.07 bits per heavy atom. The summed E-state index contributed by atoms with van der Waals surface area (Å²) in [6, 6.07) is 8.98. The number of fused-ring (bicyclic) bond motifs is 1. The molecule has 1 atom stereocenters. The first-order valence-electron chi connectivity index (χ1n) is 9.82. The zero-order valence-electron chi connectivity index (χ0n) is 17.8. The third kappa shape index (κ3) is 4.27. The molecule has 30 heavy (non-hydrogen) atoms. The molecule has 2 aromatic heterocycles. The van der Waals surface area contributed by atoms with Crippen LogP contribution in [-0.2, 0) is 11.3 Å². The molecule has 0 aliphatic rings. The van der Waals surface area contributed by atoms with E-state index in [1.807, 2.05) is 51.1 Å². The molecule has 0 radical (unpaired) electrons. The Morgan fingerprint density at radius 3 is 2.77 bits per heavy atom. The molecule has 0 aliphatic carbocycles. The van der Waals surface area contributed by atoms with Crippen molar-refractivity contribution in [3.8, 4) is 0 Å². The van der Waals surface area contributed by atoms with Crippen LogP contribution in [0.25, 0.3) is 10.9 Å². The molecule has 0 amide bonds. The van der Waals surface area contributed by atoms with Crippen LogP contribution in [0, 0.1) is 13.8 Å². The van der Waals surface area contributed by atoms with Gasteiger partial charge in [-0.1, -0.05) is 30.0 Å². The number of Topliss-reactive ketones (excluding diaryl/α,β-unsaturated/α-hetero) is 1. The van der Waals surface area contributed by atoms with E-state index in [9.17, 15) is 9.59 Å². The van der Waals surface area contributed by atoms with Crippen LogP contribution < -0.4 is 5.56 Å². The van der Waals surface area contributed by atoms with Crippen LogP contribution in [0.1, 0.15) is 34.7 Å². The maximum absolute atomic E-state index is 13.1. The van der Waals surface area contributed by atoms with E-state index in [4.69, 9.17) is 4.74 Å². The molecule has 0 saturated carbocycles. The third-order valence-electron chi connectivity index (χ3n) is 5.14. The molecule has 3 aromatic rings. The number of aromatic nitrogens is 3. The van der Waals surface area contributed by atoms with Crippen molar-refractivity contribution >= 4 is 28.4 Å². The monoisotopic (exact) mass is 425 g/mol.